The van der Waals surface area contributed by atoms with E-state index in [1.807, 2.05) is 6.92 Å². The molecule has 2 aromatic carbocycles. The summed E-state index contributed by atoms with van der Waals surface area (Å²) in [5.41, 5.74) is 2.02. The Morgan fingerprint density at radius 2 is 1.73 bits per heavy atom. The molecule has 2 amide bonds. The van der Waals surface area contributed by atoms with Crippen LogP contribution in [0.15, 0.2) is 61.3 Å². The first-order chi connectivity index (χ1) is 19.0. The number of hydrogen-bond donors (Lipinski definition) is 2. The van der Waals surface area contributed by atoms with Crippen molar-refractivity contribution in [2.24, 2.45) is 5.92 Å². The number of halogens is 3. The maximum Gasteiger partial charge on any atom is 0.416 e. The van der Waals surface area contributed by atoms with Gasteiger partial charge >= 0.3 is 6.18 Å². The minimum Gasteiger partial charge on any atom is -0.322 e. The Morgan fingerprint density at radius 3 is 2.38 bits per heavy atom. The smallest absolute Gasteiger partial charge is 0.322 e. The number of aryl methyl sites for hydroxylation is 2. The number of aromatic nitrogens is 4. The Morgan fingerprint density at radius 1 is 0.975 bits per heavy atom. The van der Waals surface area contributed by atoms with Crippen LogP contribution in [-0.4, -0.2) is 31.3 Å². The monoisotopic (exact) mass is 544 g/mol. The number of alkyl halides is 3. The zero-order valence-corrected chi connectivity index (χ0v) is 21.5. The standard InChI is InChI=1S/C29H23F3N6O2/c1-17-3-5-22(9-21(17)6-4-19-13-33-28(34-14-19)37-26(39)20-7-8-20)27(40)36-24-10-23(29(30,31)32)11-25(12-24)38-15-18(2)35-16-38/h3,5,9-16,20H,7-8H2,1-2H3,(H,36,40)(H,33,34,37,39). The maximum atomic E-state index is 13.6. The van der Waals surface area contributed by atoms with Crippen molar-refractivity contribution in [1.82, 2.24) is 19.5 Å². The molecule has 2 aromatic heterocycles. The molecule has 0 aliphatic heterocycles. The fourth-order valence-electron chi connectivity index (χ4n) is 3.81. The summed E-state index contributed by atoms with van der Waals surface area (Å²) >= 11 is 0. The summed E-state index contributed by atoms with van der Waals surface area (Å²) in [4.78, 5) is 37.2. The van der Waals surface area contributed by atoms with Gasteiger partial charge in [-0.25, -0.2) is 15.0 Å². The van der Waals surface area contributed by atoms with Crippen molar-refractivity contribution in [2.75, 3.05) is 10.6 Å². The molecule has 0 radical (unpaired) electrons. The van der Waals surface area contributed by atoms with Gasteiger partial charge in [-0.05, 0) is 62.6 Å². The van der Waals surface area contributed by atoms with Gasteiger partial charge in [0.15, 0.2) is 0 Å². The SMILES string of the molecule is Cc1cn(-c2cc(NC(=O)c3ccc(C)c(C#Cc4cnc(NC(=O)C5CC5)nc4)c3)cc(C(F)(F)F)c2)cn1. The molecule has 0 unspecified atom stereocenters. The largest absolute Gasteiger partial charge is 0.416 e. The summed E-state index contributed by atoms with van der Waals surface area (Å²) in [5.74, 6) is 5.47. The van der Waals surface area contributed by atoms with E-state index in [1.165, 1.54) is 29.4 Å². The third-order valence-electron chi connectivity index (χ3n) is 6.19. The summed E-state index contributed by atoms with van der Waals surface area (Å²) in [5, 5.41) is 5.23. The van der Waals surface area contributed by atoms with Crippen molar-refractivity contribution in [2.45, 2.75) is 32.9 Å². The molecule has 5 rings (SSSR count). The quantitative estimate of drug-likeness (QED) is 0.332. The topological polar surface area (TPSA) is 102 Å². The van der Waals surface area contributed by atoms with Gasteiger partial charge in [-0.2, -0.15) is 13.2 Å². The van der Waals surface area contributed by atoms with Gasteiger partial charge in [-0.1, -0.05) is 17.9 Å². The Hall–Kier alpha value is -4.98. The van der Waals surface area contributed by atoms with E-state index in [0.717, 1.165) is 30.5 Å². The van der Waals surface area contributed by atoms with Crippen LogP contribution < -0.4 is 10.6 Å². The number of imidazole rings is 1. The molecule has 0 spiro atoms. The van der Waals surface area contributed by atoms with E-state index in [4.69, 9.17) is 0 Å². The average molecular weight is 545 g/mol. The molecule has 2 heterocycles. The van der Waals surface area contributed by atoms with Crippen LogP contribution in [0, 0.1) is 31.6 Å². The lowest BCUT2D eigenvalue weighted by molar-refractivity contribution is -0.137. The van der Waals surface area contributed by atoms with Crippen LogP contribution in [0.25, 0.3) is 5.69 Å². The normalized spacial score (nSPS) is 12.8. The molecular formula is C29H23F3N6O2. The fourth-order valence-corrected chi connectivity index (χ4v) is 3.81. The van der Waals surface area contributed by atoms with Crippen LogP contribution in [0.2, 0.25) is 0 Å². The molecule has 40 heavy (non-hydrogen) atoms. The van der Waals surface area contributed by atoms with Crippen molar-refractivity contribution < 1.29 is 22.8 Å². The molecule has 1 aliphatic carbocycles. The van der Waals surface area contributed by atoms with Crippen LogP contribution >= 0.6 is 0 Å². The van der Waals surface area contributed by atoms with E-state index >= 15 is 0 Å². The third kappa shape index (κ3) is 6.35. The molecule has 1 fully saturated rings. The highest BCUT2D eigenvalue weighted by atomic mass is 19.4. The van der Waals surface area contributed by atoms with Crippen LogP contribution in [0.3, 0.4) is 0 Å². The number of amides is 2. The lowest BCUT2D eigenvalue weighted by atomic mass is 10.0. The molecule has 0 atom stereocenters. The minimum absolute atomic E-state index is 0.0135. The molecule has 4 aromatic rings. The number of nitrogens with one attached hydrogen (secondary N) is 2. The molecule has 11 heteroatoms. The minimum atomic E-state index is -4.61. The fraction of sp³-hybridized carbons (Fsp3) is 0.207. The number of benzene rings is 2. The number of hydrogen-bond acceptors (Lipinski definition) is 5. The second kappa shape index (κ2) is 10.6. The summed E-state index contributed by atoms with van der Waals surface area (Å²) in [6.07, 6.45) is 3.11. The van der Waals surface area contributed by atoms with Gasteiger partial charge in [0.05, 0.1) is 23.1 Å². The lowest BCUT2D eigenvalue weighted by Gasteiger charge is -2.14. The van der Waals surface area contributed by atoms with Gasteiger partial charge in [0.2, 0.25) is 11.9 Å². The van der Waals surface area contributed by atoms with E-state index < -0.39 is 17.6 Å². The molecule has 1 aliphatic rings. The van der Waals surface area contributed by atoms with Crippen molar-refractivity contribution in [3.63, 3.8) is 0 Å². The second-order valence-corrected chi connectivity index (χ2v) is 9.48. The zero-order valence-electron chi connectivity index (χ0n) is 21.5. The average Bonchev–Trinajstić information content (AvgIpc) is 3.68. The first-order valence-corrected chi connectivity index (χ1v) is 12.4. The van der Waals surface area contributed by atoms with E-state index in [9.17, 15) is 22.8 Å². The van der Waals surface area contributed by atoms with Crippen LogP contribution in [-0.2, 0) is 11.0 Å². The van der Waals surface area contributed by atoms with E-state index in [0.29, 0.717) is 16.8 Å². The summed E-state index contributed by atoms with van der Waals surface area (Å²) < 4.78 is 42.2. The predicted octanol–water partition coefficient (Wildman–Crippen LogP) is 5.30. The lowest BCUT2D eigenvalue weighted by Crippen LogP contribution is -2.15. The molecule has 8 nitrogen and oxygen atoms in total. The molecule has 2 N–H and O–H groups in total. The molecule has 202 valence electrons. The molecular weight excluding hydrogens is 521 g/mol. The first-order valence-electron chi connectivity index (χ1n) is 12.4. The Kier molecular flexibility index (Phi) is 7.09. The van der Waals surface area contributed by atoms with Gasteiger partial charge < -0.3 is 9.88 Å². The van der Waals surface area contributed by atoms with Gasteiger partial charge in [0, 0.05) is 47.0 Å². The highest BCUT2D eigenvalue weighted by Gasteiger charge is 2.32. The predicted molar refractivity (Wildman–Crippen MR) is 142 cm³/mol. The van der Waals surface area contributed by atoms with E-state index in [1.54, 1.807) is 31.3 Å². The number of carbonyl (C=O) groups is 2. The summed E-state index contributed by atoms with van der Waals surface area (Å²) in [7, 11) is 0. The summed E-state index contributed by atoms with van der Waals surface area (Å²) in [6.45, 7) is 3.55. The number of nitrogens with zero attached hydrogens (tertiary/aromatic N) is 4. The summed E-state index contributed by atoms with van der Waals surface area (Å²) in [6, 6.07) is 8.17. The number of rotatable bonds is 5. The van der Waals surface area contributed by atoms with Gasteiger partial charge in [-0.3, -0.25) is 14.9 Å². The van der Waals surface area contributed by atoms with Crippen LogP contribution in [0.4, 0.5) is 24.8 Å². The second-order valence-electron chi connectivity index (χ2n) is 9.48. The number of carbonyl (C=O) groups excluding carboxylic acids is 2. The molecule has 0 saturated heterocycles. The highest BCUT2D eigenvalue weighted by molar-refractivity contribution is 6.04. The van der Waals surface area contributed by atoms with Crippen LogP contribution in [0.5, 0.6) is 0 Å². The van der Waals surface area contributed by atoms with Gasteiger partial charge in [-0.15, -0.1) is 0 Å². The Labute approximate surface area is 227 Å². The highest BCUT2D eigenvalue weighted by Crippen LogP contribution is 2.33. The first kappa shape index (κ1) is 26.6. The third-order valence-corrected chi connectivity index (χ3v) is 6.19. The molecule has 0 bridgehead atoms. The van der Waals surface area contributed by atoms with Crippen molar-refractivity contribution in [3.05, 3.63) is 94.8 Å². The van der Waals surface area contributed by atoms with Crippen molar-refractivity contribution in [1.29, 1.82) is 0 Å². The maximum absolute atomic E-state index is 13.6. The van der Waals surface area contributed by atoms with Crippen molar-refractivity contribution in [3.8, 4) is 17.5 Å². The zero-order chi connectivity index (χ0) is 28.4. The van der Waals surface area contributed by atoms with E-state index in [-0.39, 0.29) is 34.7 Å². The Bertz CT molecular complexity index is 1660. The van der Waals surface area contributed by atoms with Crippen LogP contribution in [0.1, 0.15) is 51.1 Å². The number of anilines is 2. The van der Waals surface area contributed by atoms with Gasteiger partial charge in [0.25, 0.3) is 5.91 Å². The Balaban J connectivity index is 1.35. The van der Waals surface area contributed by atoms with Crippen molar-refractivity contribution >= 4 is 23.5 Å². The van der Waals surface area contributed by atoms with Gasteiger partial charge in [0.1, 0.15) is 0 Å². The van der Waals surface area contributed by atoms with E-state index in [2.05, 4.69) is 37.4 Å². The molecule has 1 saturated carbocycles.